The normalized spacial score (nSPS) is 15.1. The molecule has 0 nitrogen and oxygen atoms in total. The number of allylic oxidation sites excluding steroid dienone is 4. The SMILES string of the molecule is C1=C2CCC(=C1)C2.F[P-](F)(F)(F)(F)F.[Rh+2].c1ccc(P(CCP(c2ccccc2)c2ccccc2)c2ccccc2)cc1. The second-order valence-corrected chi connectivity index (χ2v) is 16.5. The van der Waals surface area contributed by atoms with Crippen LogP contribution in [-0.4, -0.2) is 12.3 Å². The summed E-state index contributed by atoms with van der Waals surface area (Å²) in [7, 11) is -11.4. The molecule has 2 aliphatic carbocycles. The van der Waals surface area contributed by atoms with Gasteiger partial charge in [-0.05, 0) is 68.6 Å². The summed E-state index contributed by atoms with van der Waals surface area (Å²) >= 11 is 0. The Morgan fingerprint density at radius 2 is 0.674 bits per heavy atom. The van der Waals surface area contributed by atoms with Gasteiger partial charge < -0.3 is 0 Å². The van der Waals surface area contributed by atoms with Gasteiger partial charge in [0.2, 0.25) is 0 Å². The molecule has 1 saturated carbocycles. The van der Waals surface area contributed by atoms with Gasteiger partial charge in [0.25, 0.3) is 0 Å². The van der Waals surface area contributed by atoms with Crippen molar-refractivity contribution < 1.29 is 44.7 Å². The minimum Gasteiger partial charge on any atom is -0.0622 e. The summed E-state index contributed by atoms with van der Waals surface area (Å²) in [6, 6.07) is 44.2. The van der Waals surface area contributed by atoms with E-state index in [4.69, 9.17) is 0 Å². The Labute approximate surface area is 264 Å². The first-order valence-electron chi connectivity index (χ1n) is 13.5. The maximum atomic E-state index is 9.87. The molecule has 6 rings (SSSR count). The zero-order chi connectivity index (χ0) is 30.1. The predicted molar refractivity (Wildman–Crippen MR) is 171 cm³/mol. The molecule has 0 aliphatic heterocycles. The molecule has 0 N–H and O–H groups in total. The van der Waals surface area contributed by atoms with E-state index >= 15 is 0 Å². The summed E-state index contributed by atoms with van der Waals surface area (Å²) in [4.78, 5) is 0. The Kier molecular flexibility index (Phi) is 12.1. The Hall–Kier alpha value is -2.15. The molecule has 0 unspecified atom stereocenters. The Morgan fingerprint density at radius 1 is 0.442 bits per heavy atom. The first kappa shape index (κ1) is 35.3. The molecular formula is C33H32F6P3Rh+. The van der Waals surface area contributed by atoms with E-state index in [-0.39, 0.29) is 35.3 Å². The van der Waals surface area contributed by atoms with E-state index in [0.717, 1.165) is 0 Å². The average molecular weight is 738 g/mol. The Morgan fingerprint density at radius 3 is 0.837 bits per heavy atom. The van der Waals surface area contributed by atoms with E-state index < -0.39 is 7.81 Å². The summed E-state index contributed by atoms with van der Waals surface area (Å²) in [5.41, 5.74) is 3.30. The summed E-state index contributed by atoms with van der Waals surface area (Å²) in [5, 5.41) is 5.89. The van der Waals surface area contributed by atoms with Crippen molar-refractivity contribution in [1.82, 2.24) is 0 Å². The van der Waals surface area contributed by atoms with Crippen molar-refractivity contribution >= 4 is 44.9 Å². The van der Waals surface area contributed by atoms with Gasteiger partial charge in [0.1, 0.15) is 0 Å². The molecule has 0 aromatic heterocycles. The third kappa shape index (κ3) is 13.6. The zero-order valence-corrected chi connectivity index (χ0v) is 27.5. The second-order valence-electron chi connectivity index (χ2n) is 9.93. The van der Waals surface area contributed by atoms with Gasteiger partial charge in [-0.3, -0.25) is 0 Å². The second kappa shape index (κ2) is 14.8. The van der Waals surface area contributed by atoms with Gasteiger partial charge in [-0.25, -0.2) is 0 Å². The number of fused-ring (bicyclic) bond motifs is 2. The van der Waals surface area contributed by atoms with Crippen LogP contribution in [0.4, 0.5) is 25.2 Å². The van der Waals surface area contributed by atoms with Gasteiger partial charge in [-0.1, -0.05) is 145 Å². The Balaban J connectivity index is 0.000000276. The van der Waals surface area contributed by atoms with Crippen molar-refractivity contribution in [3.8, 4) is 0 Å². The molecule has 4 aromatic rings. The number of hydrogen-bond acceptors (Lipinski definition) is 0. The van der Waals surface area contributed by atoms with Gasteiger partial charge in [-0.2, -0.15) is 0 Å². The van der Waals surface area contributed by atoms with E-state index in [9.17, 15) is 25.2 Å². The van der Waals surface area contributed by atoms with E-state index in [1.807, 2.05) is 0 Å². The molecular weight excluding hydrogens is 706 g/mol. The van der Waals surface area contributed by atoms with Gasteiger partial charge in [-0.15, -0.1) is 0 Å². The van der Waals surface area contributed by atoms with Crippen molar-refractivity contribution in [2.24, 2.45) is 0 Å². The summed E-state index contributed by atoms with van der Waals surface area (Å²) in [6.07, 6.45) is 11.0. The van der Waals surface area contributed by atoms with Crippen LogP contribution in [0.25, 0.3) is 0 Å². The first-order valence-corrected chi connectivity index (χ1v) is 18.6. The maximum absolute atomic E-state index is 10.7. The molecule has 229 valence electrons. The molecule has 0 amide bonds. The van der Waals surface area contributed by atoms with Crippen LogP contribution in [0, 0.1) is 0 Å². The standard InChI is InChI=1S/C26H24P2.C7H8.F6P.Rh/c1-5-13-23(14-6-1)27(24-15-7-2-8-16-24)21-22-28(25-17-9-3-10-18-25)26-19-11-4-12-20-26;1-2-7-4-3-6(1)5-7;1-7(2,3,4,5)6;/h1-20H,21-22H2;1-2H,3-5H2;;/q;;-1;+2. The molecule has 4 aromatic carbocycles. The molecule has 0 spiro atoms. The monoisotopic (exact) mass is 738 g/mol. The van der Waals surface area contributed by atoms with Crippen LogP contribution in [0.1, 0.15) is 19.3 Å². The minimum absolute atomic E-state index is 0. The van der Waals surface area contributed by atoms with Crippen molar-refractivity contribution in [3.05, 3.63) is 145 Å². The molecule has 1 radical (unpaired) electrons. The third-order valence-electron chi connectivity index (χ3n) is 6.59. The molecule has 0 heterocycles. The summed E-state index contributed by atoms with van der Waals surface area (Å²) in [5.74, 6) is 0. The van der Waals surface area contributed by atoms with E-state index in [2.05, 4.69) is 133 Å². The molecule has 10 heteroatoms. The van der Waals surface area contributed by atoms with Gasteiger partial charge in [0.15, 0.2) is 0 Å². The van der Waals surface area contributed by atoms with Crippen LogP contribution in [-0.2, 0) is 19.5 Å². The number of rotatable bonds is 7. The maximum Gasteiger partial charge on any atom is 2.00 e. The van der Waals surface area contributed by atoms with Crippen LogP contribution in [0.3, 0.4) is 0 Å². The van der Waals surface area contributed by atoms with E-state index in [1.165, 1.54) is 52.8 Å². The van der Waals surface area contributed by atoms with Crippen LogP contribution in [0.5, 0.6) is 0 Å². The van der Waals surface area contributed by atoms with Crippen LogP contribution >= 0.6 is 23.7 Å². The smallest absolute Gasteiger partial charge is 0.0622 e. The Bertz CT molecular complexity index is 1290. The van der Waals surface area contributed by atoms with Gasteiger partial charge in [0.05, 0.1) is 0 Å². The predicted octanol–water partition coefficient (Wildman–Crippen LogP) is 10.7. The molecule has 2 bridgehead atoms. The van der Waals surface area contributed by atoms with Crippen LogP contribution in [0.15, 0.2) is 145 Å². The fraction of sp³-hybridized carbons (Fsp3) is 0.152. The largest absolute Gasteiger partial charge is 2.00 e. The van der Waals surface area contributed by atoms with Crippen LogP contribution in [0.2, 0.25) is 0 Å². The van der Waals surface area contributed by atoms with Gasteiger partial charge >= 0.3 is 52.5 Å². The van der Waals surface area contributed by atoms with Crippen molar-refractivity contribution in [1.29, 1.82) is 0 Å². The molecule has 0 saturated heterocycles. The zero-order valence-electron chi connectivity index (χ0n) is 23.2. The first-order chi connectivity index (χ1) is 19.8. The van der Waals surface area contributed by atoms with Crippen LogP contribution < -0.4 is 21.2 Å². The molecule has 2 aliphatic rings. The van der Waals surface area contributed by atoms with E-state index in [0.29, 0.717) is 0 Å². The molecule has 43 heavy (non-hydrogen) atoms. The van der Waals surface area contributed by atoms with Crippen molar-refractivity contribution in [2.75, 3.05) is 12.3 Å². The van der Waals surface area contributed by atoms with Gasteiger partial charge in [0, 0.05) is 0 Å². The quantitative estimate of drug-likeness (QED) is 0.101. The fourth-order valence-electron chi connectivity index (χ4n) is 4.76. The number of hydrogen-bond donors (Lipinski definition) is 0. The molecule has 1 fully saturated rings. The number of benzene rings is 4. The summed E-state index contributed by atoms with van der Waals surface area (Å²) < 4.78 is 59.2. The number of halogens is 6. The molecule has 0 atom stereocenters. The topological polar surface area (TPSA) is 0 Å². The average Bonchev–Trinajstić information content (AvgIpc) is 3.63. The summed E-state index contributed by atoms with van der Waals surface area (Å²) in [6.45, 7) is 0. The van der Waals surface area contributed by atoms with Crippen molar-refractivity contribution in [3.63, 3.8) is 0 Å². The third-order valence-corrected chi connectivity index (χ3v) is 12.0. The fourth-order valence-corrected chi connectivity index (χ4v) is 10.1. The minimum atomic E-state index is -10.7. The van der Waals surface area contributed by atoms with Crippen molar-refractivity contribution in [2.45, 2.75) is 19.3 Å². The van der Waals surface area contributed by atoms with E-state index in [1.54, 1.807) is 11.1 Å².